The Balaban J connectivity index is 1.86. The minimum Gasteiger partial charge on any atom is -0.370 e. The number of aliphatic imine (C=N–C) groups is 2. The molecule has 1 aliphatic rings. The van der Waals surface area contributed by atoms with Gasteiger partial charge in [-0.2, -0.15) is 0 Å². The molecule has 3 amide bonds. The van der Waals surface area contributed by atoms with Crippen LogP contribution >= 0.6 is 11.3 Å². The van der Waals surface area contributed by atoms with Crippen molar-refractivity contribution in [3.05, 3.63) is 16.6 Å². The second-order valence-electron chi connectivity index (χ2n) is 7.85. The van der Waals surface area contributed by atoms with E-state index in [4.69, 9.17) is 22.9 Å². The molecule has 1 fully saturated rings. The quantitative estimate of drug-likeness (QED) is 0.0680. The highest BCUT2D eigenvalue weighted by atomic mass is 32.1. The summed E-state index contributed by atoms with van der Waals surface area (Å²) in [5, 5.41) is 7.31. The van der Waals surface area contributed by atoms with E-state index in [1.807, 2.05) is 0 Å². The summed E-state index contributed by atoms with van der Waals surface area (Å²) in [6.45, 7) is 0.692. The van der Waals surface area contributed by atoms with E-state index in [1.165, 1.54) is 22.4 Å². The number of nitrogens with one attached hydrogen (secondary N) is 2. The second kappa shape index (κ2) is 13.8. The summed E-state index contributed by atoms with van der Waals surface area (Å²) in [5.41, 5.74) is 21.1. The van der Waals surface area contributed by atoms with Crippen molar-refractivity contribution >= 4 is 46.8 Å². The monoisotopic (exact) mass is 508 g/mol. The molecule has 1 aromatic heterocycles. The molecule has 15 heteroatoms. The zero-order valence-electron chi connectivity index (χ0n) is 19.3. The van der Waals surface area contributed by atoms with Gasteiger partial charge in [-0.05, 0) is 25.7 Å². The lowest BCUT2D eigenvalue weighted by molar-refractivity contribution is -0.135. The predicted octanol–water partition coefficient (Wildman–Crippen LogP) is -2.37. The summed E-state index contributed by atoms with van der Waals surface area (Å²) < 4.78 is 0. The van der Waals surface area contributed by atoms with Crippen LogP contribution in [-0.2, 0) is 14.4 Å². The van der Waals surface area contributed by atoms with E-state index in [0.29, 0.717) is 45.3 Å². The molecule has 0 unspecified atom stereocenters. The summed E-state index contributed by atoms with van der Waals surface area (Å²) in [5.74, 6) is -1.56. The first kappa shape index (κ1) is 27.5. The van der Waals surface area contributed by atoms with Crippen LogP contribution in [0.1, 0.15) is 41.9 Å². The molecule has 1 aliphatic heterocycles. The largest absolute Gasteiger partial charge is 0.370 e. The fourth-order valence-electron chi connectivity index (χ4n) is 3.42. The van der Waals surface area contributed by atoms with Crippen molar-refractivity contribution < 1.29 is 19.2 Å². The van der Waals surface area contributed by atoms with Gasteiger partial charge in [0.15, 0.2) is 16.9 Å². The number of nitrogens with zero attached hydrogens (tertiary/aromatic N) is 4. The maximum atomic E-state index is 12.8. The first-order chi connectivity index (χ1) is 16.7. The van der Waals surface area contributed by atoms with Gasteiger partial charge in [0, 0.05) is 37.6 Å². The Bertz CT molecular complexity index is 942. The average molecular weight is 509 g/mol. The summed E-state index contributed by atoms with van der Waals surface area (Å²) in [7, 11) is 0. The number of Topliss-reactive ketones (excluding diaryl/α,β-unsaturated/α-hetero) is 1. The van der Waals surface area contributed by atoms with Crippen LogP contribution in [0.25, 0.3) is 0 Å². The van der Waals surface area contributed by atoms with Crippen molar-refractivity contribution in [2.75, 3.05) is 26.2 Å². The maximum Gasteiger partial charge on any atom is 0.245 e. The molecule has 0 spiro atoms. The standard InChI is InChI=1S/C20H32N10O4S/c21-19(22)26-6-1-3-12(16(33)17-25-8-10-35-17)28-15(32)11-30-9-5-13(18(30)34)29-14(31)4-2-7-27-20(23)24/h8,10,12-13H,1-7,9,11H2,(H,28,32)(H,29,31)(H4,21,22,26)(H4,23,24,27)/t12-,13-/m0/s1. The van der Waals surface area contributed by atoms with Crippen molar-refractivity contribution in [3.63, 3.8) is 0 Å². The number of thiazole rings is 1. The highest BCUT2D eigenvalue weighted by molar-refractivity contribution is 7.11. The lowest BCUT2D eigenvalue weighted by Crippen LogP contribution is -2.48. The summed E-state index contributed by atoms with van der Waals surface area (Å²) >= 11 is 1.17. The van der Waals surface area contributed by atoms with E-state index < -0.39 is 18.0 Å². The van der Waals surface area contributed by atoms with E-state index in [2.05, 4.69) is 25.6 Å². The van der Waals surface area contributed by atoms with Gasteiger partial charge in [-0.15, -0.1) is 11.3 Å². The molecule has 0 radical (unpaired) electrons. The molecule has 1 aromatic rings. The van der Waals surface area contributed by atoms with E-state index in [-0.39, 0.29) is 47.5 Å². The van der Waals surface area contributed by atoms with Crippen LogP contribution in [0.15, 0.2) is 21.6 Å². The molecule has 35 heavy (non-hydrogen) atoms. The van der Waals surface area contributed by atoms with Crippen molar-refractivity contribution in [1.29, 1.82) is 0 Å². The third-order valence-electron chi connectivity index (χ3n) is 5.06. The van der Waals surface area contributed by atoms with Crippen molar-refractivity contribution in [3.8, 4) is 0 Å². The van der Waals surface area contributed by atoms with Crippen LogP contribution in [0.3, 0.4) is 0 Å². The molecule has 2 rings (SSSR count). The van der Waals surface area contributed by atoms with Gasteiger partial charge in [0.25, 0.3) is 0 Å². The summed E-state index contributed by atoms with van der Waals surface area (Å²) in [4.78, 5) is 63.2. The zero-order valence-corrected chi connectivity index (χ0v) is 20.1. The summed E-state index contributed by atoms with van der Waals surface area (Å²) in [6.07, 6.45) is 3.25. The second-order valence-corrected chi connectivity index (χ2v) is 8.74. The highest BCUT2D eigenvalue weighted by Gasteiger charge is 2.34. The molecule has 0 bridgehead atoms. The zero-order chi connectivity index (χ0) is 25.8. The van der Waals surface area contributed by atoms with E-state index in [1.54, 1.807) is 5.38 Å². The molecule has 2 atom stereocenters. The minimum absolute atomic E-state index is 0.0466. The molecule has 10 N–H and O–H groups in total. The predicted molar refractivity (Wildman–Crippen MR) is 131 cm³/mol. The fraction of sp³-hybridized carbons (Fsp3) is 0.550. The third-order valence-corrected chi connectivity index (χ3v) is 5.85. The average Bonchev–Trinajstić information content (AvgIpc) is 3.44. The van der Waals surface area contributed by atoms with Crippen LogP contribution < -0.4 is 33.6 Å². The van der Waals surface area contributed by atoms with Crippen molar-refractivity contribution in [2.45, 2.75) is 44.2 Å². The van der Waals surface area contributed by atoms with E-state index in [9.17, 15) is 19.2 Å². The lowest BCUT2D eigenvalue weighted by atomic mass is 10.1. The van der Waals surface area contributed by atoms with Crippen molar-refractivity contribution in [2.24, 2.45) is 32.9 Å². The molecule has 0 aromatic carbocycles. The number of carbonyl (C=O) groups excluding carboxylic acids is 4. The number of likely N-dealkylation sites (tertiary alicyclic amines) is 1. The number of amides is 3. The number of hydrogen-bond acceptors (Lipinski definition) is 8. The van der Waals surface area contributed by atoms with Crippen molar-refractivity contribution in [1.82, 2.24) is 20.5 Å². The van der Waals surface area contributed by atoms with Gasteiger partial charge in [0.1, 0.15) is 6.04 Å². The highest BCUT2D eigenvalue weighted by Crippen LogP contribution is 2.13. The van der Waals surface area contributed by atoms with Gasteiger partial charge in [-0.25, -0.2) is 4.98 Å². The number of rotatable bonds is 14. The molecule has 2 heterocycles. The molecule has 0 aliphatic carbocycles. The summed E-state index contributed by atoms with van der Waals surface area (Å²) in [6, 6.07) is -1.54. The molecule has 0 saturated carbocycles. The number of aromatic nitrogens is 1. The Morgan fingerprint density at radius 3 is 2.43 bits per heavy atom. The Morgan fingerprint density at radius 2 is 1.80 bits per heavy atom. The van der Waals surface area contributed by atoms with Crippen LogP contribution in [0.2, 0.25) is 0 Å². The topological polar surface area (TPSA) is 237 Å². The lowest BCUT2D eigenvalue weighted by Gasteiger charge is -2.20. The maximum absolute atomic E-state index is 12.8. The number of hydrogen-bond donors (Lipinski definition) is 6. The smallest absolute Gasteiger partial charge is 0.245 e. The Kier molecular flexibility index (Phi) is 10.9. The number of nitrogens with two attached hydrogens (primary N) is 4. The third kappa shape index (κ3) is 9.56. The van der Waals surface area contributed by atoms with Crippen LogP contribution in [-0.4, -0.2) is 83.6 Å². The van der Waals surface area contributed by atoms with Gasteiger partial charge in [0.05, 0.1) is 12.6 Å². The Hall–Kier alpha value is -3.75. The Labute approximate surface area is 206 Å². The minimum atomic E-state index is -0.832. The first-order valence-corrected chi connectivity index (χ1v) is 12.0. The van der Waals surface area contributed by atoms with Crippen LogP contribution in [0.5, 0.6) is 0 Å². The van der Waals surface area contributed by atoms with Crippen LogP contribution in [0.4, 0.5) is 0 Å². The first-order valence-electron chi connectivity index (χ1n) is 11.1. The SMILES string of the molecule is NC(N)=NCCCC(=O)N[C@H]1CCN(CC(=O)N[C@@H](CCCN=C(N)N)C(=O)c2nccs2)C1=O. The van der Waals surface area contributed by atoms with Gasteiger partial charge in [-0.3, -0.25) is 29.2 Å². The van der Waals surface area contributed by atoms with Gasteiger partial charge < -0.3 is 38.5 Å². The molecular weight excluding hydrogens is 476 g/mol. The normalized spacial score (nSPS) is 15.8. The molecular formula is C20H32N10O4S. The number of ketones is 1. The molecule has 192 valence electrons. The number of carbonyl (C=O) groups is 4. The molecule has 1 saturated heterocycles. The van der Waals surface area contributed by atoms with Gasteiger partial charge in [0.2, 0.25) is 23.5 Å². The Morgan fingerprint density at radius 1 is 1.11 bits per heavy atom. The van der Waals surface area contributed by atoms with Gasteiger partial charge >= 0.3 is 0 Å². The van der Waals surface area contributed by atoms with E-state index >= 15 is 0 Å². The van der Waals surface area contributed by atoms with Crippen LogP contribution in [0, 0.1) is 0 Å². The van der Waals surface area contributed by atoms with Gasteiger partial charge in [-0.1, -0.05) is 0 Å². The number of guanidine groups is 2. The molecule has 14 nitrogen and oxygen atoms in total. The fourth-order valence-corrected chi connectivity index (χ4v) is 4.05. The van der Waals surface area contributed by atoms with E-state index in [0.717, 1.165) is 0 Å².